The molecule has 0 saturated heterocycles. The van der Waals surface area contributed by atoms with E-state index in [9.17, 15) is 4.79 Å². The fourth-order valence-corrected chi connectivity index (χ4v) is 2.02. The van der Waals surface area contributed by atoms with Crippen molar-refractivity contribution in [1.29, 1.82) is 5.26 Å². The minimum absolute atomic E-state index is 0.275. The largest absolute Gasteiger partial charge is 0.278 e. The predicted octanol–water partition coefficient (Wildman–Crippen LogP) is 2.78. The van der Waals surface area contributed by atoms with Crippen LogP contribution in [0.4, 0.5) is 0 Å². The quantitative estimate of drug-likeness (QED) is 0.568. The highest BCUT2D eigenvalue weighted by Gasteiger charge is 2.05. The summed E-state index contributed by atoms with van der Waals surface area (Å²) < 4.78 is 0.731. The number of benzene rings is 1. The lowest BCUT2D eigenvalue weighted by atomic mass is 10.1. The van der Waals surface area contributed by atoms with E-state index in [4.69, 9.17) is 5.26 Å². The molecule has 0 aliphatic heterocycles. The van der Waals surface area contributed by atoms with Crippen LogP contribution >= 0.6 is 23.5 Å². The number of carbonyl (C=O) groups is 1. The molecule has 1 rings (SSSR count). The van der Waals surface area contributed by atoms with Gasteiger partial charge in [0, 0.05) is 5.56 Å². The van der Waals surface area contributed by atoms with Gasteiger partial charge in [0.25, 0.3) is 5.91 Å². The van der Waals surface area contributed by atoms with Crippen LogP contribution in [0.3, 0.4) is 0 Å². The van der Waals surface area contributed by atoms with E-state index < -0.39 is 0 Å². The number of hydrogen-bond acceptors (Lipinski definition) is 4. The molecular weight excluding hydrogens is 240 g/mol. The first-order valence-corrected chi connectivity index (χ1v) is 6.87. The number of carbonyl (C=O) groups excluding carboxylic acids is 1. The Morgan fingerprint density at radius 1 is 1.25 bits per heavy atom. The van der Waals surface area contributed by atoms with Crippen LogP contribution in [-0.2, 0) is 0 Å². The highest BCUT2D eigenvalue weighted by Crippen LogP contribution is 2.13. The third-order valence-electron chi connectivity index (χ3n) is 1.80. The van der Waals surface area contributed by atoms with Crippen molar-refractivity contribution >= 4 is 33.8 Å². The van der Waals surface area contributed by atoms with Gasteiger partial charge in [-0.15, -0.1) is 23.5 Å². The third-order valence-corrected chi connectivity index (χ3v) is 3.68. The molecule has 5 heteroatoms. The lowest BCUT2D eigenvalue weighted by Crippen LogP contribution is -1.97. The molecule has 0 spiro atoms. The van der Waals surface area contributed by atoms with Gasteiger partial charge in [0.15, 0.2) is 0 Å². The Balaban J connectivity index is 2.89. The second-order valence-electron chi connectivity index (χ2n) is 2.78. The first kappa shape index (κ1) is 12.8. The van der Waals surface area contributed by atoms with E-state index >= 15 is 0 Å². The lowest BCUT2D eigenvalue weighted by Gasteiger charge is -1.98. The van der Waals surface area contributed by atoms with Gasteiger partial charge in [0.2, 0.25) is 0 Å². The zero-order valence-electron chi connectivity index (χ0n) is 8.93. The smallest absolute Gasteiger partial charge is 0.267 e. The Bertz CT molecular complexity index is 440. The van der Waals surface area contributed by atoms with Gasteiger partial charge in [0.1, 0.15) is 4.38 Å². The zero-order chi connectivity index (χ0) is 12.0. The van der Waals surface area contributed by atoms with Gasteiger partial charge in [-0.3, -0.25) is 4.79 Å². The standard InChI is InChI=1S/C11H10N2OS2/c1-15-11(16-2)13-10(14)9-5-3-8(7-12)4-6-9/h3-6H,1-2H3. The molecule has 0 heterocycles. The maximum absolute atomic E-state index is 11.7. The topological polar surface area (TPSA) is 53.2 Å². The summed E-state index contributed by atoms with van der Waals surface area (Å²) in [6.45, 7) is 0. The van der Waals surface area contributed by atoms with E-state index in [0.717, 1.165) is 4.38 Å². The molecule has 0 aromatic heterocycles. The van der Waals surface area contributed by atoms with Crippen LogP contribution in [-0.4, -0.2) is 22.8 Å². The summed E-state index contributed by atoms with van der Waals surface area (Å²) in [6.07, 6.45) is 3.75. The van der Waals surface area contributed by atoms with E-state index in [1.807, 2.05) is 18.6 Å². The normalized spacial score (nSPS) is 9.31. The van der Waals surface area contributed by atoms with E-state index in [1.54, 1.807) is 24.3 Å². The molecule has 3 nitrogen and oxygen atoms in total. The van der Waals surface area contributed by atoms with Gasteiger partial charge >= 0.3 is 0 Å². The molecule has 0 unspecified atom stereocenters. The average Bonchev–Trinajstić information content (AvgIpc) is 2.35. The van der Waals surface area contributed by atoms with Crippen molar-refractivity contribution in [2.24, 2.45) is 4.99 Å². The lowest BCUT2D eigenvalue weighted by molar-refractivity contribution is 0.100. The van der Waals surface area contributed by atoms with Gasteiger partial charge < -0.3 is 0 Å². The molecule has 0 atom stereocenters. The molecule has 0 radical (unpaired) electrons. The van der Waals surface area contributed by atoms with Crippen molar-refractivity contribution in [1.82, 2.24) is 0 Å². The van der Waals surface area contributed by atoms with Crippen LogP contribution in [0.15, 0.2) is 29.3 Å². The summed E-state index contributed by atoms with van der Waals surface area (Å²) >= 11 is 2.88. The Hall–Kier alpha value is -1.25. The van der Waals surface area contributed by atoms with Crippen LogP contribution in [0.1, 0.15) is 15.9 Å². The van der Waals surface area contributed by atoms with Crippen molar-refractivity contribution < 1.29 is 4.79 Å². The number of rotatable bonds is 1. The fourth-order valence-electron chi connectivity index (χ4n) is 1.01. The average molecular weight is 250 g/mol. The van der Waals surface area contributed by atoms with E-state index in [-0.39, 0.29) is 5.91 Å². The van der Waals surface area contributed by atoms with Crippen molar-refractivity contribution in [3.05, 3.63) is 35.4 Å². The number of aliphatic imine (C=N–C) groups is 1. The molecule has 16 heavy (non-hydrogen) atoms. The molecule has 82 valence electrons. The SMILES string of the molecule is CSC(=NC(=O)c1ccc(C#N)cc1)SC. The van der Waals surface area contributed by atoms with Crippen LogP contribution in [0.25, 0.3) is 0 Å². The summed E-state index contributed by atoms with van der Waals surface area (Å²) in [7, 11) is 0. The summed E-state index contributed by atoms with van der Waals surface area (Å²) in [5, 5.41) is 8.62. The minimum atomic E-state index is -0.275. The van der Waals surface area contributed by atoms with Crippen LogP contribution in [0, 0.1) is 11.3 Å². The monoisotopic (exact) mass is 250 g/mol. The Morgan fingerprint density at radius 2 is 1.81 bits per heavy atom. The molecule has 0 N–H and O–H groups in total. The second kappa shape index (κ2) is 6.36. The van der Waals surface area contributed by atoms with Crippen LogP contribution in [0.2, 0.25) is 0 Å². The van der Waals surface area contributed by atoms with Crippen LogP contribution in [0.5, 0.6) is 0 Å². The molecule has 0 aliphatic rings. The highest BCUT2D eigenvalue weighted by molar-refractivity contribution is 8.38. The maximum atomic E-state index is 11.7. The summed E-state index contributed by atoms with van der Waals surface area (Å²) in [5.74, 6) is -0.275. The predicted molar refractivity (Wildman–Crippen MR) is 70.0 cm³/mol. The van der Waals surface area contributed by atoms with E-state index in [0.29, 0.717) is 11.1 Å². The van der Waals surface area contributed by atoms with E-state index in [1.165, 1.54) is 23.5 Å². The molecule has 0 saturated carbocycles. The highest BCUT2D eigenvalue weighted by atomic mass is 32.2. The molecular formula is C11H10N2OS2. The third kappa shape index (κ3) is 3.40. The minimum Gasteiger partial charge on any atom is -0.267 e. The second-order valence-corrected chi connectivity index (χ2v) is 4.63. The summed E-state index contributed by atoms with van der Waals surface area (Å²) in [6, 6.07) is 8.45. The first-order valence-electron chi connectivity index (χ1n) is 4.42. The molecule has 1 aromatic carbocycles. The number of nitrogens with zero attached hydrogens (tertiary/aromatic N) is 2. The number of amides is 1. The molecule has 0 aliphatic carbocycles. The Labute approximate surface area is 103 Å². The van der Waals surface area contributed by atoms with Crippen molar-refractivity contribution in [3.63, 3.8) is 0 Å². The first-order chi connectivity index (χ1) is 7.71. The number of hydrogen-bond donors (Lipinski definition) is 0. The number of nitriles is 1. The van der Waals surface area contributed by atoms with Gasteiger partial charge in [-0.2, -0.15) is 10.3 Å². The van der Waals surface area contributed by atoms with Gasteiger partial charge in [0.05, 0.1) is 11.6 Å². The Morgan fingerprint density at radius 3 is 2.25 bits per heavy atom. The van der Waals surface area contributed by atoms with Gasteiger partial charge in [-0.25, -0.2) is 0 Å². The zero-order valence-corrected chi connectivity index (χ0v) is 10.6. The fraction of sp³-hybridized carbons (Fsp3) is 0.182. The van der Waals surface area contributed by atoms with Crippen molar-refractivity contribution in [2.75, 3.05) is 12.5 Å². The Kier molecular flexibility index (Phi) is 5.09. The van der Waals surface area contributed by atoms with Crippen molar-refractivity contribution in [2.45, 2.75) is 0 Å². The van der Waals surface area contributed by atoms with Crippen molar-refractivity contribution in [3.8, 4) is 6.07 Å². The van der Waals surface area contributed by atoms with Crippen LogP contribution < -0.4 is 0 Å². The van der Waals surface area contributed by atoms with Gasteiger partial charge in [-0.1, -0.05) is 0 Å². The summed E-state index contributed by atoms with van der Waals surface area (Å²) in [5.41, 5.74) is 1.04. The van der Waals surface area contributed by atoms with Gasteiger partial charge in [-0.05, 0) is 36.8 Å². The molecule has 0 fully saturated rings. The summed E-state index contributed by atoms with van der Waals surface area (Å²) in [4.78, 5) is 15.6. The molecule has 1 aromatic rings. The molecule has 0 bridgehead atoms. The number of thioether (sulfide) groups is 2. The maximum Gasteiger partial charge on any atom is 0.278 e. The molecule has 1 amide bonds. The van der Waals surface area contributed by atoms with E-state index in [2.05, 4.69) is 4.99 Å².